The van der Waals surface area contributed by atoms with Gasteiger partial charge < -0.3 is 20.2 Å². The molecule has 0 spiro atoms. The second kappa shape index (κ2) is 11.8. The van der Waals surface area contributed by atoms with Crippen molar-refractivity contribution in [1.82, 2.24) is 5.32 Å². The van der Waals surface area contributed by atoms with Gasteiger partial charge in [-0.2, -0.15) is 31.1 Å². The van der Waals surface area contributed by atoms with E-state index < -0.39 is 41.9 Å². The van der Waals surface area contributed by atoms with Crippen molar-refractivity contribution in [2.75, 3.05) is 19.1 Å². The zero-order chi connectivity index (χ0) is 30.9. The van der Waals surface area contributed by atoms with Crippen molar-refractivity contribution in [3.05, 3.63) is 91.3 Å². The number of nitrogens with zero attached hydrogens (tertiary/aromatic N) is 2. The first kappa shape index (κ1) is 32.1. The molecule has 0 atom stereocenters. The Hall–Kier alpha value is -3.40. The van der Waals surface area contributed by atoms with E-state index in [9.17, 15) is 45.5 Å². The molecule has 1 heterocycles. The van der Waals surface area contributed by atoms with Crippen molar-refractivity contribution in [3.8, 4) is 5.75 Å². The van der Waals surface area contributed by atoms with Gasteiger partial charge in [0.05, 0.1) is 23.9 Å². The fourth-order valence-corrected chi connectivity index (χ4v) is 5.23. The van der Waals surface area contributed by atoms with Gasteiger partial charge in [-0.15, -0.1) is 0 Å². The average Bonchev–Trinajstić information content (AvgIpc) is 2.89. The molecular formula is C25H18Br2F7N3O4. The van der Waals surface area contributed by atoms with Gasteiger partial charge in [0.1, 0.15) is 0 Å². The van der Waals surface area contributed by atoms with E-state index in [-0.39, 0.29) is 37.1 Å². The first-order chi connectivity index (χ1) is 18.9. The van der Waals surface area contributed by atoms with Crippen LogP contribution in [-0.2, 0) is 12.2 Å². The maximum atomic E-state index is 14.5. The minimum Gasteiger partial charge on any atom is -0.619 e. The lowest BCUT2D eigenvalue weighted by Crippen LogP contribution is -2.50. The van der Waals surface area contributed by atoms with Gasteiger partial charge in [-0.3, -0.25) is 9.59 Å². The van der Waals surface area contributed by atoms with Gasteiger partial charge >= 0.3 is 18.0 Å². The summed E-state index contributed by atoms with van der Waals surface area (Å²) in [4.78, 5) is 27.1. The van der Waals surface area contributed by atoms with E-state index in [4.69, 9.17) is 4.74 Å². The number of pyridine rings is 1. The Balaban J connectivity index is 1.89. The highest BCUT2D eigenvalue weighted by Crippen LogP contribution is 2.54. The normalized spacial score (nSPS) is 12.2. The van der Waals surface area contributed by atoms with E-state index >= 15 is 0 Å². The lowest BCUT2D eigenvalue weighted by atomic mass is 9.93. The molecule has 3 aromatic rings. The van der Waals surface area contributed by atoms with E-state index in [1.54, 1.807) is 0 Å². The standard InChI is InChI=1S/C25H18Br2F7N3O4/c1-36(22(39)13-6-8-37(40)9-7-13)19-5-3-4-15(20(19)41-2)21(38)35-12-16-17(26)10-14(11-18(16)27)23(28,24(29,30)31)25(32,33)34/h3-11H,12H2,1-2H3,(H,35,38). The Morgan fingerprint density at radius 2 is 1.51 bits per heavy atom. The van der Waals surface area contributed by atoms with Crippen LogP contribution >= 0.6 is 31.9 Å². The molecule has 41 heavy (non-hydrogen) atoms. The van der Waals surface area contributed by atoms with Gasteiger partial charge in [0.2, 0.25) is 0 Å². The van der Waals surface area contributed by atoms with Crippen molar-refractivity contribution in [3.63, 3.8) is 0 Å². The third-order valence-electron chi connectivity index (χ3n) is 5.90. The number of halogens is 9. The number of ether oxygens (including phenoxy) is 1. The highest BCUT2D eigenvalue weighted by molar-refractivity contribution is 9.11. The molecule has 1 N–H and O–H groups in total. The number of alkyl halides is 7. The maximum Gasteiger partial charge on any atom is 0.435 e. The van der Waals surface area contributed by atoms with Crippen molar-refractivity contribution < 1.29 is 49.8 Å². The van der Waals surface area contributed by atoms with E-state index in [2.05, 4.69) is 37.2 Å². The summed E-state index contributed by atoms with van der Waals surface area (Å²) in [6, 6.07) is 7.57. The molecule has 0 bridgehead atoms. The van der Waals surface area contributed by atoms with E-state index in [1.165, 1.54) is 49.4 Å². The van der Waals surface area contributed by atoms with Crippen LogP contribution in [0.3, 0.4) is 0 Å². The van der Waals surface area contributed by atoms with Crippen LogP contribution < -0.4 is 19.7 Å². The Kier molecular flexibility index (Phi) is 9.27. The summed E-state index contributed by atoms with van der Waals surface area (Å²) in [7, 11) is 2.65. The van der Waals surface area contributed by atoms with Gasteiger partial charge in [-0.05, 0) is 29.8 Å². The second-order valence-electron chi connectivity index (χ2n) is 8.42. The molecule has 0 aliphatic carbocycles. The Labute approximate surface area is 244 Å². The Morgan fingerprint density at radius 3 is 2.00 bits per heavy atom. The first-order valence-corrected chi connectivity index (χ1v) is 12.8. The SMILES string of the molecule is COc1c(C(=O)NCc2c(Br)cc(C(F)(C(F)(F)F)C(F)(F)F)cc2Br)cccc1N(C)C(=O)c1cc[n+]([O-])cc1. The Bertz CT molecular complexity index is 1430. The van der Waals surface area contributed by atoms with E-state index in [0.29, 0.717) is 16.9 Å². The third-order valence-corrected chi connectivity index (χ3v) is 7.32. The molecule has 2 aromatic carbocycles. The molecule has 3 rings (SSSR count). The molecule has 0 saturated carbocycles. The van der Waals surface area contributed by atoms with Crippen LogP contribution in [-0.4, -0.2) is 38.3 Å². The van der Waals surface area contributed by atoms with Crippen LogP contribution in [0.15, 0.2) is 63.8 Å². The predicted molar refractivity (Wildman–Crippen MR) is 139 cm³/mol. The number of methoxy groups -OCH3 is 1. The summed E-state index contributed by atoms with van der Waals surface area (Å²) in [6.45, 7) is -0.418. The minimum absolute atomic E-state index is 0.0101. The summed E-state index contributed by atoms with van der Waals surface area (Å²) in [6.07, 6.45) is -10.3. The molecule has 1 aromatic heterocycles. The molecular weight excluding hydrogens is 699 g/mol. The average molecular weight is 717 g/mol. The van der Waals surface area contributed by atoms with Crippen molar-refractivity contribution >= 4 is 49.4 Å². The maximum absolute atomic E-state index is 14.5. The number of amides is 2. The van der Waals surface area contributed by atoms with E-state index in [1.807, 2.05) is 0 Å². The van der Waals surface area contributed by atoms with Gasteiger partial charge in [0.25, 0.3) is 11.8 Å². The van der Waals surface area contributed by atoms with Crippen LogP contribution in [0.5, 0.6) is 5.75 Å². The molecule has 0 aliphatic rings. The largest absolute Gasteiger partial charge is 0.619 e. The van der Waals surface area contributed by atoms with Gasteiger partial charge in [0, 0.05) is 40.2 Å². The third kappa shape index (κ3) is 6.27. The topological polar surface area (TPSA) is 85.6 Å². The van der Waals surface area contributed by atoms with Gasteiger partial charge in [0.15, 0.2) is 18.1 Å². The minimum atomic E-state index is -6.30. The highest BCUT2D eigenvalue weighted by Gasteiger charge is 2.73. The van der Waals surface area contributed by atoms with Crippen molar-refractivity contribution in [1.29, 1.82) is 0 Å². The second-order valence-corrected chi connectivity index (χ2v) is 10.1. The van der Waals surface area contributed by atoms with Gasteiger partial charge in [-0.1, -0.05) is 37.9 Å². The predicted octanol–water partition coefficient (Wildman–Crippen LogP) is 6.35. The lowest BCUT2D eigenvalue weighted by Gasteiger charge is -2.31. The fourth-order valence-electron chi connectivity index (χ4n) is 3.76. The number of hydrogen-bond acceptors (Lipinski definition) is 4. The molecule has 0 radical (unpaired) electrons. The quantitative estimate of drug-likeness (QED) is 0.176. The molecule has 2 amide bonds. The summed E-state index contributed by atoms with van der Waals surface area (Å²) >= 11 is 5.72. The van der Waals surface area contributed by atoms with Crippen LogP contribution in [0.25, 0.3) is 0 Å². The Morgan fingerprint density at radius 1 is 0.976 bits per heavy atom. The van der Waals surface area contributed by atoms with Crippen molar-refractivity contribution in [2.24, 2.45) is 0 Å². The summed E-state index contributed by atoms with van der Waals surface area (Å²) in [5.41, 5.74) is -7.05. The number of anilines is 1. The fraction of sp³-hybridized carbons (Fsp3) is 0.240. The molecule has 0 fully saturated rings. The molecule has 0 unspecified atom stereocenters. The number of benzene rings is 2. The van der Waals surface area contributed by atoms with Crippen LogP contribution in [0, 0.1) is 5.21 Å². The number of carbonyl (C=O) groups excluding carboxylic acids is 2. The lowest BCUT2D eigenvalue weighted by molar-refractivity contribution is -0.605. The number of nitrogens with one attached hydrogen (secondary N) is 1. The zero-order valence-corrected chi connectivity index (χ0v) is 24.0. The monoisotopic (exact) mass is 715 g/mol. The number of aromatic nitrogens is 1. The number of para-hydroxylation sites is 1. The van der Waals surface area contributed by atoms with Crippen LogP contribution in [0.4, 0.5) is 36.4 Å². The molecule has 16 heteroatoms. The summed E-state index contributed by atoms with van der Waals surface area (Å²) < 4.78 is 98.8. The van der Waals surface area contributed by atoms with Gasteiger partial charge in [-0.25, -0.2) is 4.39 Å². The number of hydrogen-bond donors (Lipinski definition) is 1. The molecule has 220 valence electrons. The van der Waals surface area contributed by atoms with E-state index in [0.717, 1.165) is 12.4 Å². The highest BCUT2D eigenvalue weighted by atomic mass is 79.9. The van der Waals surface area contributed by atoms with Crippen LogP contribution in [0.1, 0.15) is 31.8 Å². The smallest absolute Gasteiger partial charge is 0.435 e. The molecule has 0 aliphatic heterocycles. The first-order valence-electron chi connectivity index (χ1n) is 11.2. The summed E-state index contributed by atoms with van der Waals surface area (Å²) in [5.74, 6) is -1.33. The summed E-state index contributed by atoms with van der Waals surface area (Å²) in [5, 5.41) is 13.7. The molecule has 7 nitrogen and oxygen atoms in total. The molecule has 0 saturated heterocycles. The zero-order valence-electron chi connectivity index (χ0n) is 20.8. The number of carbonyl (C=O) groups is 2. The number of rotatable bonds is 7. The van der Waals surface area contributed by atoms with Crippen LogP contribution in [0.2, 0.25) is 0 Å². The van der Waals surface area contributed by atoms with Crippen molar-refractivity contribution in [2.45, 2.75) is 24.6 Å².